The number of aromatic nitrogens is 3. The number of fused-ring (bicyclic) bond motifs is 2. The number of imidazole rings is 1. The standard InChI is InChI=1S/C26H25F2N5O3/c1-16-31-20-4-2-17(18-3-5-25(30-13-18)32-8-6-29-7-9-32)10-21(20)33(16)14-19-11-23-24(35-15-34-23)12-22(19)36-26(27)28/h2-5,10-13,26,29H,6-9,14-15H2,1H3. The zero-order valence-electron chi connectivity index (χ0n) is 19.7. The summed E-state index contributed by atoms with van der Waals surface area (Å²) in [5.41, 5.74) is 4.24. The first-order valence-corrected chi connectivity index (χ1v) is 11.8. The van der Waals surface area contributed by atoms with E-state index in [2.05, 4.69) is 32.3 Å². The van der Waals surface area contributed by atoms with Gasteiger partial charge >= 0.3 is 6.61 Å². The quantitative estimate of drug-likeness (QED) is 0.432. The number of halogens is 2. The molecule has 6 rings (SSSR count). The van der Waals surface area contributed by atoms with Crippen molar-refractivity contribution in [2.75, 3.05) is 37.9 Å². The van der Waals surface area contributed by atoms with Gasteiger partial charge in [0.05, 0.1) is 17.6 Å². The number of benzene rings is 2. The van der Waals surface area contributed by atoms with Crippen molar-refractivity contribution in [3.8, 4) is 28.4 Å². The molecule has 8 nitrogen and oxygen atoms in total. The molecule has 2 aliphatic heterocycles. The number of hydrogen-bond acceptors (Lipinski definition) is 7. The lowest BCUT2D eigenvalue weighted by atomic mass is 10.1. The molecule has 2 aromatic carbocycles. The summed E-state index contributed by atoms with van der Waals surface area (Å²) >= 11 is 0. The first-order valence-electron chi connectivity index (χ1n) is 11.8. The molecule has 0 amide bonds. The zero-order valence-corrected chi connectivity index (χ0v) is 19.7. The summed E-state index contributed by atoms with van der Waals surface area (Å²) in [5, 5.41) is 3.35. The summed E-state index contributed by atoms with van der Waals surface area (Å²) in [6.45, 7) is 3.06. The molecule has 10 heteroatoms. The highest BCUT2D eigenvalue weighted by molar-refractivity contribution is 5.83. The lowest BCUT2D eigenvalue weighted by Gasteiger charge is -2.28. The zero-order chi connectivity index (χ0) is 24.6. The minimum Gasteiger partial charge on any atom is -0.454 e. The normalized spacial score (nSPS) is 15.2. The minimum absolute atomic E-state index is 0.0464. The number of rotatable bonds is 6. The third-order valence-corrected chi connectivity index (χ3v) is 6.56. The molecule has 1 saturated heterocycles. The minimum atomic E-state index is -2.95. The Morgan fingerprint density at radius 3 is 2.56 bits per heavy atom. The van der Waals surface area contributed by atoms with E-state index >= 15 is 0 Å². The van der Waals surface area contributed by atoms with Crippen molar-refractivity contribution in [2.45, 2.75) is 20.1 Å². The van der Waals surface area contributed by atoms with Crippen LogP contribution in [0.4, 0.5) is 14.6 Å². The van der Waals surface area contributed by atoms with Crippen LogP contribution in [0.15, 0.2) is 48.7 Å². The van der Waals surface area contributed by atoms with Gasteiger partial charge in [-0.25, -0.2) is 9.97 Å². The predicted molar refractivity (Wildman–Crippen MR) is 131 cm³/mol. The molecular weight excluding hydrogens is 468 g/mol. The fourth-order valence-electron chi connectivity index (χ4n) is 4.73. The first-order chi connectivity index (χ1) is 17.5. The fraction of sp³-hybridized carbons (Fsp3) is 0.308. The van der Waals surface area contributed by atoms with E-state index in [0.717, 1.165) is 60.0 Å². The maximum absolute atomic E-state index is 13.1. The van der Waals surface area contributed by atoms with E-state index in [0.29, 0.717) is 17.1 Å². The number of aryl methyl sites for hydroxylation is 1. The second-order valence-corrected chi connectivity index (χ2v) is 8.78. The van der Waals surface area contributed by atoms with Crippen molar-refractivity contribution >= 4 is 16.9 Å². The van der Waals surface area contributed by atoms with Gasteiger partial charge < -0.3 is 29.0 Å². The average molecular weight is 494 g/mol. The predicted octanol–water partition coefficient (Wildman–Crippen LogP) is 4.19. The number of nitrogens with zero attached hydrogens (tertiary/aromatic N) is 4. The number of nitrogens with one attached hydrogen (secondary N) is 1. The van der Waals surface area contributed by atoms with Crippen LogP contribution >= 0.6 is 0 Å². The highest BCUT2D eigenvalue weighted by Gasteiger charge is 2.21. The molecule has 0 aliphatic carbocycles. The van der Waals surface area contributed by atoms with Crippen LogP contribution in [0.25, 0.3) is 22.2 Å². The van der Waals surface area contributed by atoms with Crippen molar-refractivity contribution < 1.29 is 23.0 Å². The summed E-state index contributed by atoms with van der Waals surface area (Å²) < 4.78 is 43.8. The molecule has 4 aromatic rings. The number of hydrogen-bond donors (Lipinski definition) is 1. The van der Waals surface area contributed by atoms with Crippen LogP contribution in [0, 0.1) is 6.92 Å². The van der Waals surface area contributed by atoms with E-state index in [1.165, 1.54) is 6.07 Å². The Hall–Kier alpha value is -3.92. The topological polar surface area (TPSA) is 73.7 Å². The lowest BCUT2D eigenvalue weighted by Crippen LogP contribution is -2.43. The van der Waals surface area contributed by atoms with Crippen molar-refractivity contribution in [3.63, 3.8) is 0 Å². The highest BCUT2D eigenvalue weighted by atomic mass is 19.3. The van der Waals surface area contributed by atoms with Gasteiger partial charge in [0.2, 0.25) is 6.79 Å². The molecule has 0 saturated carbocycles. The molecule has 0 atom stereocenters. The summed E-state index contributed by atoms with van der Waals surface area (Å²) in [6.07, 6.45) is 1.89. The lowest BCUT2D eigenvalue weighted by molar-refractivity contribution is -0.0505. The van der Waals surface area contributed by atoms with Crippen LogP contribution in [-0.2, 0) is 6.54 Å². The maximum atomic E-state index is 13.1. The highest BCUT2D eigenvalue weighted by Crippen LogP contribution is 2.39. The number of anilines is 1. The van der Waals surface area contributed by atoms with Gasteiger partial charge in [-0.1, -0.05) is 6.07 Å². The van der Waals surface area contributed by atoms with Gasteiger partial charge in [0.15, 0.2) is 11.5 Å². The number of pyridine rings is 1. The SMILES string of the molecule is Cc1nc2ccc(-c3ccc(N4CCNCC4)nc3)cc2n1Cc1cc2c(cc1OC(F)F)OCO2. The third kappa shape index (κ3) is 4.28. The second-order valence-electron chi connectivity index (χ2n) is 8.78. The molecule has 4 heterocycles. The Morgan fingerprint density at radius 2 is 1.81 bits per heavy atom. The molecule has 0 bridgehead atoms. The molecule has 1 fully saturated rings. The maximum Gasteiger partial charge on any atom is 0.387 e. The van der Waals surface area contributed by atoms with E-state index in [4.69, 9.17) is 14.2 Å². The van der Waals surface area contributed by atoms with Crippen LogP contribution in [-0.4, -0.2) is 54.1 Å². The third-order valence-electron chi connectivity index (χ3n) is 6.56. The Bertz CT molecular complexity index is 1400. The van der Waals surface area contributed by atoms with Gasteiger partial charge in [-0.15, -0.1) is 0 Å². The summed E-state index contributed by atoms with van der Waals surface area (Å²) in [7, 11) is 0. The molecular formula is C26H25F2N5O3. The number of alkyl halides is 2. The van der Waals surface area contributed by atoms with Crippen LogP contribution < -0.4 is 24.4 Å². The number of piperazine rings is 1. The largest absolute Gasteiger partial charge is 0.454 e. The van der Waals surface area contributed by atoms with Crippen molar-refractivity contribution in [1.29, 1.82) is 0 Å². The van der Waals surface area contributed by atoms with E-state index < -0.39 is 6.61 Å². The van der Waals surface area contributed by atoms with Gasteiger partial charge in [0, 0.05) is 49.6 Å². The average Bonchev–Trinajstić information content (AvgIpc) is 3.47. The Balaban J connectivity index is 1.34. The Morgan fingerprint density at radius 1 is 1.03 bits per heavy atom. The Labute approximate surface area is 206 Å². The smallest absolute Gasteiger partial charge is 0.387 e. The van der Waals surface area contributed by atoms with Gasteiger partial charge in [-0.3, -0.25) is 0 Å². The summed E-state index contributed by atoms with van der Waals surface area (Å²) in [6, 6.07) is 13.3. The van der Waals surface area contributed by atoms with Crippen LogP contribution in [0.3, 0.4) is 0 Å². The van der Waals surface area contributed by atoms with Crippen molar-refractivity contribution in [3.05, 3.63) is 60.0 Å². The molecule has 0 unspecified atom stereocenters. The molecule has 1 N–H and O–H groups in total. The summed E-state index contributed by atoms with van der Waals surface area (Å²) in [5.74, 6) is 2.68. The number of ether oxygens (including phenoxy) is 3. The molecule has 0 radical (unpaired) electrons. The van der Waals surface area contributed by atoms with Crippen molar-refractivity contribution in [2.24, 2.45) is 0 Å². The molecule has 2 aromatic heterocycles. The van der Waals surface area contributed by atoms with Crippen LogP contribution in [0.2, 0.25) is 0 Å². The van der Waals surface area contributed by atoms with E-state index in [-0.39, 0.29) is 19.1 Å². The molecule has 0 spiro atoms. The van der Waals surface area contributed by atoms with Gasteiger partial charge in [-0.05, 0) is 42.8 Å². The van der Waals surface area contributed by atoms with Gasteiger partial charge in [0.1, 0.15) is 17.4 Å². The van der Waals surface area contributed by atoms with Gasteiger partial charge in [-0.2, -0.15) is 8.78 Å². The van der Waals surface area contributed by atoms with Gasteiger partial charge in [0.25, 0.3) is 0 Å². The first kappa shape index (κ1) is 22.5. The fourth-order valence-corrected chi connectivity index (χ4v) is 4.73. The van der Waals surface area contributed by atoms with E-state index in [1.54, 1.807) is 6.07 Å². The molecule has 2 aliphatic rings. The Kier molecular flexibility index (Phi) is 5.80. The van der Waals surface area contributed by atoms with E-state index in [1.807, 2.05) is 35.9 Å². The molecule has 186 valence electrons. The van der Waals surface area contributed by atoms with Crippen LogP contribution in [0.1, 0.15) is 11.4 Å². The van der Waals surface area contributed by atoms with Crippen molar-refractivity contribution in [1.82, 2.24) is 19.9 Å². The monoisotopic (exact) mass is 493 g/mol. The van der Waals surface area contributed by atoms with Crippen LogP contribution in [0.5, 0.6) is 17.2 Å². The molecule has 36 heavy (non-hydrogen) atoms. The second kappa shape index (κ2) is 9.27. The van der Waals surface area contributed by atoms with E-state index in [9.17, 15) is 8.78 Å². The summed E-state index contributed by atoms with van der Waals surface area (Å²) in [4.78, 5) is 11.6.